The van der Waals surface area contributed by atoms with Crippen LogP contribution in [0.3, 0.4) is 0 Å². The molecule has 0 saturated heterocycles. The fourth-order valence-electron chi connectivity index (χ4n) is 3.01. The Labute approximate surface area is 196 Å². The van der Waals surface area contributed by atoms with Crippen molar-refractivity contribution in [2.75, 3.05) is 6.54 Å². The first-order chi connectivity index (χ1) is 16.0. The number of hydrogen-bond donors (Lipinski definition) is 1. The summed E-state index contributed by atoms with van der Waals surface area (Å²) in [4.78, 5) is 20.9. The molecule has 0 bridgehead atoms. The third kappa shape index (κ3) is 6.67. The molecule has 2 aromatic carbocycles. The van der Waals surface area contributed by atoms with Gasteiger partial charge in [-0.2, -0.15) is 13.2 Å². The van der Waals surface area contributed by atoms with E-state index in [0.717, 1.165) is 18.2 Å². The van der Waals surface area contributed by atoms with Gasteiger partial charge in [-0.15, -0.1) is 0 Å². The molecule has 3 aromatic rings. The maximum atomic E-state index is 13.5. The van der Waals surface area contributed by atoms with Crippen LogP contribution in [0.2, 0.25) is 0 Å². The lowest BCUT2D eigenvalue weighted by Crippen LogP contribution is -2.41. The molecule has 0 radical (unpaired) electrons. The minimum atomic E-state index is -4.43. The van der Waals surface area contributed by atoms with Gasteiger partial charge < -0.3 is 5.32 Å². The highest BCUT2D eigenvalue weighted by Gasteiger charge is 2.30. The minimum absolute atomic E-state index is 0.0352. The van der Waals surface area contributed by atoms with Crippen molar-refractivity contribution in [3.63, 3.8) is 0 Å². The Morgan fingerprint density at radius 1 is 1.09 bits per heavy atom. The fraction of sp³-hybridized carbons (Fsp3) is 0.261. The highest BCUT2D eigenvalue weighted by molar-refractivity contribution is 7.82. The van der Waals surface area contributed by atoms with Gasteiger partial charge in [-0.05, 0) is 50.2 Å². The summed E-state index contributed by atoms with van der Waals surface area (Å²) in [5.41, 5.74) is 0.562. The van der Waals surface area contributed by atoms with E-state index in [1.807, 2.05) is 0 Å². The highest BCUT2D eigenvalue weighted by Crippen LogP contribution is 2.30. The van der Waals surface area contributed by atoms with Crippen LogP contribution in [-0.2, 0) is 28.5 Å². The van der Waals surface area contributed by atoms with Gasteiger partial charge in [0.25, 0.3) is 0 Å². The maximum Gasteiger partial charge on any atom is 0.416 e. The van der Waals surface area contributed by atoms with Gasteiger partial charge in [-0.1, -0.05) is 18.2 Å². The molecular formula is C23H22F4N4O2S. The van der Waals surface area contributed by atoms with Crippen LogP contribution in [0.5, 0.6) is 0 Å². The second-order valence-corrected chi connectivity index (χ2v) is 9.06. The Balaban J connectivity index is 1.64. The van der Waals surface area contributed by atoms with Gasteiger partial charge in [0.15, 0.2) is 0 Å². The Hall–Kier alpha value is -3.18. The summed E-state index contributed by atoms with van der Waals surface area (Å²) in [6.45, 7) is 3.38. The molecule has 1 unspecified atom stereocenters. The molecule has 180 valence electrons. The third-order valence-corrected chi connectivity index (χ3v) is 6.42. The maximum absolute atomic E-state index is 13.5. The average Bonchev–Trinajstić information content (AvgIpc) is 2.80. The molecule has 1 amide bonds. The largest absolute Gasteiger partial charge is 0.416 e. The molecule has 1 aromatic heterocycles. The Morgan fingerprint density at radius 3 is 2.41 bits per heavy atom. The lowest BCUT2D eigenvalue weighted by Gasteiger charge is -2.24. The van der Waals surface area contributed by atoms with E-state index in [-0.39, 0.29) is 24.0 Å². The standard InChI is InChI=1S/C23H22F4N4O2S/c1-15(2)31(34(33)20-5-3-4-18(24)10-20)13-22(32)28-12-19-11-21(30-14-29-19)16-6-8-17(9-7-16)23(25,26)27/h3-11,14-15H,12-13H2,1-2H3,(H,28,32). The molecule has 11 heteroatoms. The van der Waals surface area contributed by atoms with Crippen molar-refractivity contribution in [2.24, 2.45) is 0 Å². The van der Waals surface area contributed by atoms with E-state index in [2.05, 4.69) is 15.3 Å². The van der Waals surface area contributed by atoms with Gasteiger partial charge in [0.05, 0.1) is 34.9 Å². The molecule has 0 spiro atoms. The second-order valence-electron chi connectivity index (χ2n) is 7.62. The predicted octanol–water partition coefficient (Wildman–Crippen LogP) is 4.35. The number of aromatic nitrogens is 2. The first kappa shape index (κ1) is 25.4. The number of rotatable bonds is 8. The van der Waals surface area contributed by atoms with Crippen molar-refractivity contribution >= 4 is 16.9 Å². The SMILES string of the molecule is CC(C)N(CC(=O)NCc1cc(-c2ccc(C(F)(F)F)cc2)ncn1)S(=O)c1cccc(F)c1. The second kappa shape index (κ2) is 10.8. The normalized spacial score (nSPS) is 12.7. The van der Waals surface area contributed by atoms with Crippen LogP contribution in [0.15, 0.2) is 65.8 Å². The zero-order valence-electron chi connectivity index (χ0n) is 18.3. The summed E-state index contributed by atoms with van der Waals surface area (Å²) in [7, 11) is -1.74. The lowest BCUT2D eigenvalue weighted by molar-refractivity contribution is -0.137. The fourth-order valence-corrected chi connectivity index (χ4v) is 4.31. The van der Waals surface area contributed by atoms with Crippen molar-refractivity contribution in [1.29, 1.82) is 0 Å². The van der Waals surface area contributed by atoms with Crippen LogP contribution in [0, 0.1) is 5.82 Å². The zero-order valence-corrected chi connectivity index (χ0v) is 19.2. The first-order valence-electron chi connectivity index (χ1n) is 10.2. The van der Waals surface area contributed by atoms with Gasteiger partial charge in [0.2, 0.25) is 5.91 Å². The number of benzene rings is 2. The van der Waals surface area contributed by atoms with Gasteiger partial charge in [-0.3, -0.25) is 4.79 Å². The van der Waals surface area contributed by atoms with Crippen LogP contribution < -0.4 is 5.32 Å². The molecule has 6 nitrogen and oxygen atoms in total. The van der Waals surface area contributed by atoms with E-state index in [0.29, 0.717) is 17.0 Å². The zero-order chi connectivity index (χ0) is 24.9. The molecule has 34 heavy (non-hydrogen) atoms. The predicted molar refractivity (Wildman–Crippen MR) is 119 cm³/mol. The molecule has 0 aliphatic heterocycles. The number of alkyl halides is 3. The van der Waals surface area contributed by atoms with E-state index < -0.39 is 34.4 Å². The van der Waals surface area contributed by atoms with Crippen LogP contribution in [0.1, 0.15) is 25.1 Å². The number of nitrogens with one attached hydrogen (secondary N) is 1. The summed E-state index contributed by atoms with van der Waals surface area (Å²) < 4.78 is 66.0. The van der Waals surface area contributed by atoms with Gasteiger partial charge in [0.1, 0.15) is 23.1 Å². The first-order valence-corrected chi connectivity index (χ1v) is 11.3. The van der Waals surface area contributed by atoms with E-state index in [4.69, 9.17) is 0 Å². The van der Waals surface area contributed by atoms with Crippen molar-refractivity contribution in [3.05, 3.63) is 78.0 Å². The van der Waals surface area contributed by atoms with Crippen LogP contribution in [0.25, 0.3) is 11.3 Å². The average molecular weight is 495 g/mol. The number of hydrogen-bond acceptors (Lipinski definition) is 4. The molecule has 1 atom stereocenters. The minimum Gasteiger partial charge on any atom is -0.349 e. The summed E-state index contributed by atoms with van der Waals surface area (Å²) in [6.07, 6.45) is -3.17. The van der Waals surface area contributed by atoms with Crippen molar-refractivity contribution in [1.82, 2.24) is 19.6 Å². The van der Waals surface area contributed by atoms with Crippen LogP contribution >= 0.6 is 0 Å². The lowest BCUT2D eigenvalue weighted by atomic mass is 10.1. The van der Waals surface area contributed by atoms with Crippen molar-refractivity contribution < 1.29 is 26.6 Å². The summed E-state index contributed by atoms with van der Waals surface area (Å²) in [5.74, 6) is -0.945. The smallest absolute Gasteiger partial charge is 0.349 e. The molecular weight excluding hydrogens is 472 g/mol. The number of carbonyl (C=O) groups is 1. The molecule has 1 N–H and O–H groups in total. The number of amides is 1. The topological polar surface area (TPSA) is 75.2 Å². The molecule has 3 rings (SSSR count). The summed E-state index contributed by atoms with van der Waals surface area (Å²) >= 11 is 0. The number of halogens is 4. The van der Waals surface area contributed by atoms with Crippen LogP contribution in [0.4, 0.5) is 17.6 Å². The van der Waals surface area contributed by atoms with Crippen LogP contribution in [-0.4, -0.2) is 37.0 Å². The summed E-state index contributed by atoms with van der Waals surface area (Å²) in [5, 5.41) is 2.68. The highest BCUT2D eigenvalue weighted by atomic mass is 32.2. The van der Waals surface area contributed by atoms with Crippen molar-refractivity contribution in [3.8, 4) is 11.3 Å². The van der Waals surface area contributed by atoms with E-state index in [1.165, 1.54) is 41.0 Å². The number of carbonyl (C=O) groups excluding carboxylic acids is 1. The molecule has 0 fully saturated rings. The molecule has 0 aliphatic rings. The Bertz CT molecular complexity index is 1170. The Morgan fingerprint density at radius 2 is 1.79 bits per heavy atom. The molecule has 0 aliphatic carbocycles. The molecule has 1 heterocycles. The van der Waals surface area contributed by atoms with E-state index in [1.54, 1.807) is 19.9 Å². The van der Waals surface area contributed by atoms with Gasteiger partial charge >= 0.3 is 6.18 Å². The summed E-state index contributed by atoms with van der Waals surface area (Å²) in [6, 6.07) is 11.2. The number of nitrogens with zero attached hydrogens (tertiary/aromatic N) is 3. The third-order valence-electron chi connectivity index (χ3n) is 4.78. The van der Waals surface area contributed by atoms with E-state index in [9.17, 15) is 26.6 Å². The van der Waals surface area contributed by atoms with Gasteiger partial charge in [-0.25, -0.2) is 22.9 Å². The Kier molecular flexibility index (Phi) is 8.11. The quantitative estimate of drug-likeness (QED) is 0.473. The molecule has 0 saturated carbocycles. The van der Waals surface area contributed by atoms with Crippen molar-refractivity contribution in [2.45, 2.75) is 37.5 Å². The monoisotopic (exact) mass is 494 g/mol. The van der Waals surface area contributed by atoms with E-state index >= 15 is 0 Å². The van der Waals surface area contributed by atoms with Gasteiger partial charge in [0, 0.05) is 11.6 Å².